The van der Waals surface area contributed by atoms with Crippen LogP contribution in [0.15, 0.2) is 0 Å². The summed E-state index contributed by atoms with van der Waals surface area (Å²) in [5, 5.41) is 2.30. The number of carbonyl (C=O) groups excluding carboxylic acids is 4. The van der Waals surface area contributed by atoms with Crippen molar-refractivity contribution in [1.29, 1.82) is 0 Å². The molecular weight excluding hydrogens is 284 g/mol. The molecule has 9 heteroatoms. The minimum Gasteiger partial charge on any atom is -0.468 e. The molecule has 0 aliphatic carbocycles. The summed E-state index contributed by atoms with van der Waals surface area (Å²) in [6.45, 7) is 1.11. The molecule has 0 rings (SSSR count). The van der Waals surface area contributed by atoms with Gasteiger partial charge >= 0.3 is 11.9 Å². The maximum absolute atomic E-state index is 11.7. The van der Waals surface area contributed by atoms with E-state index in [4.69, 9.17) is 5.73 Å². The Bertz CT molecular complexity index is 394. The van der Waals surface area contributed by atoms with Gasteiger partial charge in [0.2, 0.25) is 11.8 Å². The molecule has 0 bridgehead atoms. The van der Waals surface area contributed by atoms with Gasteiger partial charge in [-0.3, -0.25) is 19.2 Å². The lowest BCUT2D eigenvalue weighted by Crippen LogP contribution is -2.53. The van der Waals surface area contributed by atoms with Crippen LogP contribution in [0, 0.1) is 11.8 Å². The number of rotatable bonds is 8. The fourth-order valence-corrected chi connectivity index (χ4v) is 1.78. The average molecular weight is 304 g/mol. The van der Waals surface area contributed by atoms with Crippen molar-refractivity contribution in [2.24, 2.45) is 17.6 Å². The predicted octanol–water partition coefficient (Wildman–Crippen LogP) is -1.80. The number of amides is 2. The van der Waals surface area contributed by atoms with Crippen LogP contribution in [0.3, 0.4) is 0 Å². The molecule has 0 saturated heterocycles. The highest BCUT2D eigenvalue weighted by atomic mass is 16.5. The standard InChI is InChI=1S/C12H20N2O7/c1-6(8(11(17)20-3)12(18)21-4)9(10(13)16)14-7(15)5-19-2/h6,8-9H,5H2,1-4H3,(H2,13,16)(H,14,15)/t6-,9-/m1/s1. The van der Waals surface area contributed by atoms with Gasteiger partial charge < -0.3 is 25.3 Å². The van der Waals surface area contributed by atoms with Crippen molar-refractivity contribution >= 4 is 23.8 Å². The third kappa shape index (κ3) is 5.38. The van der Waals surface area contributed by atoms with E-state index >= 15 is 0 Å². The van der Waals surface area contributed by atoms with Crippen LogP contribution in [0.2, 0.25) is 0 Å². The van der Waals surface area contributed by atoms with Gasteiger partial charge in [-0.05, 0) is 0 Å². The number of methoxy groups -OCH3 is 3. The van der Waals surface area contributed by atoms with Crippen molar-refractivity contribution in [3.63, 3.8) is 0 Å². The Balaban J connectivity index is 5.26. The maximum atomic E-state index is 11.7. The van der Waals surface area contributed by atoms with Crippen molar-refractivity contribution in [1.82, 2.24) is 5.32 Å². The highest BCUT2D eigenvalue weighted by molar-refractivity contribution is 5.97. The van der Waals surface area contributed by atoms with E-state index in [-0.39, 0.29) is 6.61 Å². The fourth-order valence-electron chi connectivity index (χ4n) is 1.78. The van der Waals surface area contributed by atoms with E-state index in [9.17, 15) is 19.2 Å². The van der Waals surface area contributed by atoms with Crippen LogP contribution in [-0.4, -0.2) is 57.7 Å². The van der Waals surface area contributed by atoms with E-state index in [1.807, 2.05) is 0 Å². The molecule has 3 N–H and O–H groups in total. The summed E-state index contributed by atoms with van der Waals surface area (Å²) in [5.41, 5.74) is 5.20. The Morgan fingerprint density at radius 3 is 1.86 bits per heavy atom. The molecule has 0 aromatic rings. The van der Waals surface area contributed by atoms with E-state index < -0.39 is 41.6 Å². The molecule has 0 fully saturated rings. The number of hydrogen-bond donors (Lipinski definition) is 2. The van der Waals surface area contributed by atoms with Crippen molar-refractivity contribution < 1.29 is 33.4 Å². The molecule has 0 saturated carbocycles. The number of nitrogens with two attached hydrogens (primary N) is 1. The Morgan fingerprint density at radius 2 is 1.52 bits per heavy atom. The minimum absolute atomic E-state index is 0.294. The molecule has 0 spiro atoms. The van der Waals surface area contributed by atoms with Gasteiger partial charge in [0.25, 0.3) is 0 Å². The van der Waals surface area contributed by atoms with Crippen LogP contribution >= 0.6 is 0 Å². The first-order valence-corrected chi connectivity index (χ1v) is 6.03. The number of primary amides is 1. The van der Waals surface area contributed by atoms with Crippen LogP contribution in [0.4, 0.5) is 0 Å². The summed E-state index contributed by atoms with van der Waals surface area (Å²) in [5.74, 6) is -5.63. The molecule has 0 aromatic heterocycles. The van der Waals surface area contributed by atoms with E-state index in [1.165, 1.54) is 14.0 Å². The zero-order valence-corrected chi connectivity index (χ0v) is 12.4. The minimum atomic E-state index is -1.39. The molecule has 120 valence electrons. The number of hydrogen-bond acceptors (Lipinski definition) is 7. The van der Waals surface area contributed by atoms with E-state index in [1.54, 1.807) is 0 Å². The first-order valence-electron chi connectivity index (χ1n) is 6.03. The van der Waals surface area contributed by atoms with Crippen molar-refractivity contribution in [2.45, 2.75) is 13.0 Å². The quantitative estimate of drug-likeness (QED) is 0.399. The summed E-state index contributed by atoms with van der Waals surface area (Å²) >= 11 is 0. The van der Waals surface area contributed by atoms with Gasteiger partial charge in [-0.15, -0.1) is 0 Å². The highest BCUT2D eigenvalue weighted by Gasteiger charge is 2.41. The Morgan fingerprint density at radius 1 is 1.05 bits per heavy atom. The molecular formula is C12H20N2O7. The second-order valence-corrected chi connectivity index (χ2v) is 4.26. The molecule has 2 atom stereocenters. The average Bonchev–Trinajstić information content (AvgIpc) is 2.44. The largest absolute Gasteiger partial charge is 0.468 e. The first kappa shape index (κ1) is 18.8. The van der Waals surface area contributed by atoms with E-state index in [0.717, 1.165) is 14.2 Å². The molecule has 0 unspecified atom stereocenters. The number of ether oxygens (including phenoxy) is 3. The summed E-state index contributed by atoms with van der Waals surface area (Å²) in [6, 6.07) is -1.25. The van der Waals surface area contributed by atoms with Crippen molar-refractivity contribution in [2.75, 3.05) is 27.9 Å². The van der Waals surface area contributed by atoms with Gasteiger partial charge in [-0.25, -0.2) is 0 Å². The highest BCUT2D eigenvalue weighted by Crippen LogP contribution is 2.19. The van der Waals surface area contributed by atoms with Gasteiger partial charge in [-0.2, -0.15) is 0 Å². The van der Waals surface area contributed by atoms with Crippen LogP contribution < -0.4 is 11.1 Å². The van der Waals surface area contributed by atoms with Gasteiger partial charge in [0.15, 0.2) is 5.92 Å². The summed E-state index contributed by atoms with van der Waals surface area (Å²) in [4.78, 5) is 46.3. The molecule has 21 heavy (non-hydrogen) atoms. The van der Waals surface area contributed by atoms with Crippen LogP contribution in [0.1, 0.15) is 6.92 Å². The van der Waals surface area contributed by atoms with E-state index in [0.29, 0.717) is 0 Å². The number of nitrogens with one attached hydrogen (secondary N) is 1. The molecule has 0 radical (unpaired) electrons. The third-order valence-corrected chi connectivity index (χ3v) is 2.86. The van der Waals surface area contributed by atoms with Gasteiger partial charge in [0.1, 0.15) is 12.6 Å². The lowest BCUT2D eigenvalue weighted by Gasteiger charge is -2.26. The molecule has 0 aromatic carbocycles. The molecule has 0 aliphatic heterocycles. The zero-order chi connectivity index (χ0) is 16.6. The molecule has 0 aliphatic rings. The number of esters is 2. The molecule has 0 heterocycles. The first-order chi connectivity index (χ1) is 9.79. The maximum Gasteiger partial charge on any atom is 0.320 e. The lowest BCUT2D eigenvalue weighted by molar-refractivity contribution is -0.162. The van der Waals surface area contributed by atoms with E-state index in [2.05, 4.69) is 19.5 Å². The fraction of sp³-hybridized carbons (Fsp3) is 0.667. The van der Waals surface area contributed by atoms with Crippen LogP contribution in [0.5, 0.6) is 0 Å². The molecule has 2 amide bonds. The summed E-state index contributed by atoms with van der Waals surface area (Å²) in [6.07, 6.45) is 0. The van der Waals surface area contributed by atoms with Crippen molar-refractivity contribution in [3.05, 3.63) is 0 Å². The Labute approximate surface area is 122 Å². The predicted molar refractivity (Wildman–Crippen MR) is 69.7 cm³/mol. The normalized spacial score (nSPS) is 13.2. The van der Waals surface area contributed by atoms with Gasteiger partial charge in [0.05, 0.1) is 14.2 Å². The molecule has 9 nitrogen and oxygen atoms in total. The lowest BCUT2D eigenvalue weighted by atomic mass is 9.87. The Kier molecular flexibility index (Phi) is 7.99. The smallest absolute Gasteiger partial charge is 0.320 e. The summed E-state index contributed by atoms with van der Waals surface area (Å²) < 4.78 is 13.6. The third-order valence-electron chi connectivity index (χ3n) is 2.86. The second-order valence-electron chi connectivity index (χ2n) is 4.26. The summed E-state index contributed by atoms with van der Waals surface area (Å²) in [7, 11) is 3.48. The Hall–Kier alpha value is -2.16. The topological polar surface area (TPSA) is 134 Å². The van der Waals surface area contributed by atoms with Crippen LogP contribution in [-0.2, 0) is 33.4 Å². The monoisotopic (exact) mass is 304 g/mol. The number of carbonyl (C=O) groups is 4. The zero-order valence-electron chi connectivity index (χ0n) is 12.4. The van der Waals surface area contributed by atoms with Gasteiger partial charge in [0, 0.05) is 13.0 Å². The van der Waals surface area contributed by atoms with Gasteiger partial charge in [-0.1, -0.05) is 6.92 Å². The second kappa shape index (κ2) is 8.90. The van der Waals surface area contributed by atoms with Crippen molar-refractivity contribution in [3.8, 4) is 0 Å². The van der Waals surface area contributed by atoms with Crippen LogP contribution in [0.25, 0.3) is 0 Å². The SMILES string of the molecule is COCC(=O)N[C@@H](C(N)=O)[C@H](C)C(C(=O)OC)C(=O)OC.